The second-order valence-electron chi connectivity index (χ2n) is 16.7. The van der Waals surface area contributed by atoms with Gasteiger partial charge in [-0.1, -0.05) is 149 Å². The summed E-state index contributed by atoms with van der Waals surface area (Å²) in [6, 6.07) is 62.0. The van der Waals surface area contributed by atoms with Crippen LogP contribution in [0.2, 0.25) is 0 Å². The minimum Gasteiger partial charge on any atom is -0.277 e. The minimum absolute atomic E-state index is 0.0596. The number of hydrogen-bond acceptors (Lipinski definition) is 2. The molecule has 9 aromatic rings. The topological polar surface area (TPSA) is 30.7 Å². The molecule has 0 atom stereocenters. The predicted octanol–water partition coefficient (Wildman–Crippen LogP) is 13.7. The third-order valence-electron chi connectivity index (χ3n) is 12.7. The Morgan fingerprint density at radius 3 is 1.46 bits per heavy atom. The average molecular weight is 732 g/mol. The lowest BCUT2D eigenvalue weighted by molar-refractivity contribution is 0.660. The zero-order valence-electron chi connectivity index (χ0n) is 32.6. The average Bonchev–Trinajstić information content (AvgIpc) is 3.84. The number of benzene rings is 7. The normalized spacial score (nSPS) is 14.2. The quantitative estimate of drug-likeness (QED) is 0.176. The van der Waals surface area contributed by atoms with E-state index in [1.54, 1.807) is 0 Å². The van der Waals surface area contributed by atoms with Crippen molar-refractivity contribution in [3.05, 3.63) is 198 Å². The van der Waals surface area contributed by atoms with Crippen molar-refractivity contribution < 1.29 is 0 Å². The Kier molecular flexibility index (Phi) is 7.25. The van der Waals surface area contributed by atoms with Gasteiger partial charge in [0.2, 0.25) is 0 Å². The van der Waals surface area contributed by atoms with Crippen molar-refractivity contribution in [2.45, 2.75) is 38.5 Å². The van der Waals surface area contributed by atoms with Crippen LogP contribution >= 0.6 is 0 Å². The lowest BCUT2D eigenvalue weighted by Gasteiger charge is -2.21. The molecule has 2 aliphatic rings. The van der Waals surface area contributed by atoms with Gasteiger partial charge in [0, 0.05) is 33.8 Å². The van der Waals surface area contributed by atoms with E-state index in [9.17, 15) is 0 Å². The molecule has 2 aromatic heterocycles. The fourth-order valence-corrected chi connectivity index (χ4v) is 9.73. The van der Waals surface area contributed by atoms with Gasteiger partial charge < -0.3 is 0 Å². The molecule has 7 aromatic carbocycles. The highest BCUT2D eigenvalue weighted by Crippen LogP contribution is 2.51. The molecule has 3 nitrogen and oxygen atoms in total. The van der Waals surface area contributed by atoms with Gasteiger partial charge in [0.15, 0.2) is 5.65 Å². The summed E-state index contributed by atoms with van der Waals surface area (Å²) >= 11 is 0. The predicted molar refractivity (Wildman–Crippen MR) is 236 cm³/mol. The van der Waals surface area contributed by atoms with Crippen LogP contribution in [0.15, 0.2) is 176 Å². The van der Waals surface area contributed by atoms with Gasteiger partial charge in [0.25, 0.3) is 0 Å². The third-order valence-corrected chi connectivity index (χ3v) is 12.7. The highest BCUT2D eigenvalue weighted by atomic mass is 15.1. The molecule has 0 unspecified atom stereocenters. The van der Waals surface area contributed by atoms with Gasteiger partial charge in [-0.05, 0) is 121 Å². The van der Waals surface area contributed by atoms with Crippen molar-refractivity contribution >= 4 is 11.2 Å². The molecule has 0 saturated heterocycles. The van der Waals surface area contributed by atoms with E-state index >= 15 is 0 Å². The van der Waals surface area contributed by atoms with Crippen LogP contribution in [-0.4, -0.2) is 14.5 Å². The summed E-state index contributed by atoms with van der Waals surface area (Å²) in [4.78, 5) is 10.5. The number of nitrogens with zero attached hydrogens (tertiary/aromatic N) is 3. The standard InChI is InChI=1S/C54H41N3/c1-53(2)46-21-13-11-19-42(46)44-32-35(23-25-48(44)53)37-29-38(36-24-26-49-45(33-36)43-20-12-14-22-47(43)54(49,3)4)31-39(30-37)51-56-50-41(34-15-7-5-8-16-34)27-28-55-52(50)57(51)40-17-9-6-10-18-40/h5-33H,1-4H3. The second kappa shape index (κ2) is 12.3. The van der Waals surface area contributed by atoms with E-state index in [0.29, 0.717) is 0 Å². The molecular formula is C54H41N3. The second-order valence-corrected chi connectivity index (χ2v) is 16.7. The van der Waals surface area contributed by atoms with Crippen molar-refractivity contribution in [3.63, 3.8) is 0 Å². The Bertz CT molecular complexity index is 2930. The molecule has 272 valence electrons. The Hall–Kier alpha value is -6.84. The van der Waals surface area contributed by atoms with Crippen molar-refractivity contribution in [1.29, 1.82) is 0 Å². The fraction of sp³-hybridized carbons (Fsp3) is 0.111. The first-order valence-electron chi connectivity index (χ1n) is 19.9. The van der Waals surface area contributed by atoms with Gasteiger partial charge in [-0.15, -0.1) is 0 Å². The fourth-order valence-electron chi connectivity index (χ4n) is 9.73. The van der Waals surface area contributed by atoms with Crippen LogP contribution in [0.5, 0.6) is 0 Å². The number of para-hydroxylation sites is 1. The molecule has 11 rings (SSSR count). The molecule has 2 aliphatic carbocycles. The van der Waals surface area contributed by atoms with Gasteiger partial charge in [0.1, 0.15) is 11.3 Å². The Morgan fingerprint density at radius 1 is 0.386 bits per heavy atom. The lowest BCUT2D eigenvalue weighted by atomic mass is 9.82. The van der Waals surface area contributed by atoms with Gasteiger partial charge in [-0.2, -0.15) is 0 Å². The third kappa shape index (κ3) is 5.05. The molecule has 0 aliphatic heterocycles. The van der Waals surface area contributed by atoms with E-state index in [1.807, 2.05) is 6.20 Å². The summed E-state index contributed by atoms with van der Waals surface area (Å²) < 4.78 is 2.23. The molecule has 57 heavy (non-hydrogen) atoms. The van der Waals surface area contributed by atoms with Crippen LogP contribution in [0.4, 0.5) is 0 Å². The summed E-state index contributed by atoms with van der Waals surface area (Å²) in [5.41, 5.74) is 21.2. The largest absolute Gasteiger partial charge is 0.277 e. The molecule has 0 fully saturated rings. The number of imidazole rings is 1. The molecule has 2 heterocycles. The molecular weight excluding hydrogens is 691 g/mol. The summed E-state index contributed by atoms with van der Waals surface area (Å²) in [5.74, 6) is 0.857. The van der Waals surface area contributed by atoms with E-state index < -0.39 is 0 Å². The first-order valence-corrected chi connectivity index (χ1v) is 19.9. The Labute approximate surface area is 334 Å². The summed E-state index contributed by atoms with van der Waals surface area (Å²) in [7, 11) is 0. The first-order chi connectivity index (χ1) is 27.8. The Morgan fingerprint density at radius 2 is 0.877 bits per heavy atom. The molecule has 0 amide bonds. The Balaban J connectivity index is 1.17. The maximum Gasteiger partial charge on any atom is 0.165 e. The molecule has 3 heteroatoms. The number of hydrogen-bond donors (Lipinski definition) is 0. The zero-order valence-corrected chi connectivity index (χ0v) is 32.6. The van der Waals surface area contributed by atoms with Crippen molar-refractivity contribution in [1.82, 2.24) is 14.5 Å². The first kappa shape index (κ1) is 33.5. The van der Waals surface area contributed by atoms with Gasteiger partial charge in [-0.3, -0.25) is 4.57 Å². The molecule has 0 spiro atoms. The van der Waals surface area contributed by atoms with E-state index in [4.69, 9.17) is 9.97 Å². The van der Waals surface area contributed by atoms with Crippen LogP contribution in [0.25, 0.3) is 83.9 Å². The van der Waals surface area contributed by atoms with E-state index in [2.05, 4.69) is 202 Å². The summed E-state index contributed by atoms with van der Waals surface area (Å²) in [5, 5.41) is 0. The van der Waals surface area contributed by atoms with Gasteiger partial charge in [-0.25, -0.2) is 9.97 Å². The molecule has 0 bridgehead atoms. The molecule has 0 radical (unpaired) electrons. The van der Waals surface area contributed by atoms with Gasteiger partial charge in [0.05, 0.1) is 0 Å². The van der Waals surface area contributed by atoms with E-state index in [-0.39, 0.29) is 10.8 Å². The van der Waals surface area contributed by atoms with E-state index in [0.717, 1.165) is 50.5 Å². The molecule has 0 N–H and O–H groups in total. The minimum atomic E-state index is -0.0596. The maximum absolute atomic E-state index is 5.52. The number of pyridine rings is 1. The SMILES string of the molecule is CC1(C)c2ccccc2-c2cc(-c3cc(-c4ccc5c(c4)-c4ccccc4C5(C)C)cc(-c4nc5c(-c6ccccc6)ccnc5n4-c4ccccc4)c3)ccc21. The number of fused-ring (bicyclic) bond motifs is 7. The number of aromatic nitrogens is 3. The van der Waals surface area contributed by atoms with Crippen LogP contribution in [0.1, 0.15) is 49.9 Å². The van der Waals surface area contributed by atoms with Crippen LogP contribution < -0.4 is 0 Å². The number of rotatable bonds is 5. The highest BCUT2D eigenvalue weighted by molar-refractivity contribution is 5.95. The van der Waals surface area contributed by atoms with Crippen molar-refractivity contribution in [3.8, 4) is 72.7 Å². The summed E-state index contributed by atoms with van der Waals surface area (Å²) in [6.07, 6.45) is 1.91. The van der Waals surface area contributed by atoms with Crippen LogP contribution in [-0.2, 0) is 10.8 Å². The smallest absolute Gasteiger partial charge is 0.165 e. The molecule has 0 saturated carbocycles. The zero-order chi connectivity index (χ0) is 38.5. The summed E-state index contributed by atoms with van der Waals surface area (Å²) in [6.45, 7) is 9.37. The van der Waals surface area contributed by atoms with E-state index in [1.165, 1.54) is 55.6 Å². The highest BCUT2D eigenvalue weighted by Gasteiger charge is 2.36. The van der Waals surface area contributed by atoms with Crippen LogP contribution in [0.3, 0.4) is 0 Å². The monoisotopic (exact) mass is 731 g/mol. The van der Waals surface area contributed by atoms with Crippen molar-refractivity contribution in [2.75, 3.05) is 0 Å². The van der Waals surface area contributed by atoms with Gasteiger partial charge >= 0.3 is 0 Å². The van der Waals surface area contributed by atoms with Crippen molar-refractivity contribution in [2.24, 2.45) is 0 Å². The maximum atomic E-state index is 5.52. The lowest BCUT2D eigenvalue weighted by Crippen LogP contribution is -2.14. The van der Waals surface area contributed by atoms with Crippen LogP contribution in [0, 0.1) is 0 Å².